The van der Waals surface area contributed by atoms with Gasteiger partial charge >= 0.3 is 12.0 Å². The lowest BCUT2D eigenvalue weighted by Gasteiger charge is -2.28. The highest BCUT2D eigenvalue weighted by molar-refractivity contribution is 5.95. The topological polar surface area (TPSA) is 95.1 Å². The minimum Gasteiger partial charge on any atom is -0.494 e. The molecule has 2 N–H and O–H groups in total. The van der Waals surface area contributed by atoms with Gasteiger partial charge in [-0.3, -0.25) is 0 Å². The van der Waals surface area contributed by atoms with E-state index in [1.54, 1.807) is 19.1 Å². The summed E-state index contributed by atoms with van der Waals surface area (Å²) in [7, 11) is 0. The molecule has 0 bridgehead atoms. The van der Waals surface area contributed by atoms with Crippen LogP contribution in [0.1, 0.15) is 37.4 Å². The monoisotopic (exact) mass is 424 g/mol. The van der Waals surface area contributed by atoms with Crippen LogP contribution in [0.5, 0.6) is 17.2 Å². The molecule has 2 aromatic carbocycles. The summed E-state index contributed by atoms with van der Waals surface area (Å²) in [4.78, 5) is 25.0. The van der Waals surface area contributed by atoms with Crippen molar-refractivity contribution in [2.24, 2.45) is 0 Å². The quantitative estimate of drug-likeness (QED) is 0.660. The van der Waals surface area contributed by atoms with Crippen molar-refractivity contribution in [2.45, 2.75) is 32.9 Å². The predicted octanol–water partition coefficient (Wildman–Crippen LogP) is 3.58. The molecule has 2 amide bonds. The average Bonchev–Trinajstić information content (AvgIpc) is 3.24. The second kappa shape index (κ2) is 8.99. The summed E-state index contributed by atoms with van der Waals surface area (Å²) in [6.07, 6.45) is 0.910. The van der Waals surface area contributed by atoms with Gasteiger partial charge in [0, 0.05) is 5.70 Å². The Balaban J connectivity index is 1.50. The molecule has 2 aliphatic rings. The van der Waals surface area contributed by atoms with Crippen molar-refractivity contribution in [3.63, 3.8) is 0 Å². The van der Waals surface area contributed by atoms with Gasteiger partial charge in [-0.2, -0.15) is 0 Å². The molecule has 31 heavy (non-hydrogen) atoms. The third kappa shape index (κ3) is 4.58. The van der Waals surface area contributed by atoms with Crippen LogP contribution in [0.15, 0.2) is 53.7 Å². The minimum atomic E-state index is -0.627. The summed E-state index contributed by atoms with van der Waals surface area (Å²) < 4.78 is 21.8. The molecule has 2 heterocycles. The maximum absolute atomic E-state index is 13.0. The summed E-state index contributed by atoms with van der Waals surface area (Å²) in [6.45, 7) is 4.59. The van der Waals surface area contributed by atoms with Crippen LogP contribution in [0.2, 0.25) is 0 Å². The van der Waals surface area contributed by atoms with Gasteiger partial charge in [0.2, 0.25) is 6.79 Å². The number of amides is 2. The van der Waals surface area contributed by atoms with E-state index in [-0.39, 0.29) is 19.4 Å². The fraction of sp³-hybridized carbons (Fsp3) is 0.304. The minimum absolute atomic E-state index is 0.0662. The Morgan fingerprint density at radius 1 is 1.13 bits per heavy atom. The molecule has 0 aromatic heterocycles. The van der Waals surface area contributed by atoms with Gasteiger partial charge in [0.05, 0.1) is 18.2 Å². The molecule has 1 atom stereocenters. The zero-order valence-corrected chi connectivity index (χ0v) is 17.4. The van der Waals surface area contributed by atoms with Gasteiger partial charge in [0.15, 0.2) is 11.5 Å². The fourth-order valence-electron chi connectivity index (χ4n) is 3.45. The smallest absolute Gasteiger partial charge is 0.338 e. The summed E-state index contributed by atoms with van der Waals surface area (Å²) in [5.41, 5.74) is 2.34. The molecule has 162 valence electrons. The highest BCUT2D eigenvalue weighted by Crippen LogP contribution is 2.33. The van der Waals surface area contributed by atoms with Gasteiger partial charge in [-0.25, -0.2) is 9.59 Å². The highest BCUT2D eigenvalue weighted by Gasteiger charge is 2.32. The van der Waals surface area contributed by atoms with Gasteiger partial charge in [-0.05, 0) is 48.7 Å². The SMILES string of the molecule is CCCOc1ccc([C@H]2NC(=O)NC(C)=C2C(=O)OCc2ccc3c(c2)OCO3)cc1. The van der Waals surface area contributed by atoms with E-state index in [0.29, 0.717) is 29.4 Å². The van der Waals surface area contributed by atoms with Crippen LogP contribution in [-0.2, 0) is 16.1 Å². The maximum Gasteiger partial charge on any atom is 0.338 e. The Bertz CT molecular complexity index is 1020. The fourth-order valence-corrected chi connectivity index (χ4v) is 3.45. The number of urea groups is 1. The first-order valence-corrected chi connectivity index (χ1v) is 10.1. The van der Waals surface area contributed by atoms with E-state index in [4.69, 9.17) is 18.9 Å². The van der Waals surface area contributed by atoms with Gasteiger partial charge in [-0.1, -0.05) is 25.1 Å². The first kappa shape index (κ1) is 20.6. The van der Waals surface area contributed by atoms with Gasteiger partial charge in [-0.15, -0.1) is 0 Å². The molecule has 4 rings (SSSR count). The lowest BCUT2D eigenvalue weighted by molar-refractivity contribution is -0.140. The van der Waals surface area contributed by atoms with Crippen molar-refractivity contribution in [1.29, 1.82) is 0 Å². The molecule has 0 unspecified atom stereocenters. The van der Waals surface area contributed by atoms with E-state index in [1.807, 2.05) is 37.3 Å². The van der Waals surface area contributed by atoms with Crippen molar-refractivity contribution < 1.29 is 28.5 Å². The van der Waals surface area contributed by atoms with E-state index in [9.17, 15) is 9.59 Å². The van der Waals surface area contributed by atoms with Gasteiger partial charge < -0.3 is 29.6 Å². The molecule has 2 aromatic rings. The first-order chi connectivity index (χ1) is 15.0. The molecular weight excluding hydrogens is 400 g/mol. The van der Waals surface area contributed by atoms with Crippen LogP contribution in [-0.4, -0.2) is 25.4 Å². The molecule has 0 fully saturated rings. The Morgan fingerprint density at radius 3 is 2.68 bits per heavy atom. The second-order valence-corrected chi connectivity index (χ2v) is 7.25. The number of ether oxygens (including phenoxy) is 4. The number of fused-ring (bicyclic) bond motifs is 1. The van der Waals surface area contributed by atoms with Crippen LogP contribution < -0.4 is 24.8 Å². The normalized spacial score (nSPS) is 17.1. The number of nitrogens with one attached hydrogen (secondary N) is 2. The third-order valence-corrected chi connectivity index (χ3v) is 4.98. The van der Waals surface area contributed by atoms with Crippen LogP contribution in [0.25, 0.3) is 0 Å². The van der Waals surface area contributed by atoms with Crippen LogP contribution >= 0.6 is 0 Å². The summed E-state index contributed by atoms with van der Waals surface area (Å²) in [6, 6.07) is 11.7. The van der Waals surface area contributed by atoms with Crippen molar-refractivity contribution >= 4 is 12.0 Å². The zero-order valence-electron chi connectivity index (χ0n) is 17.4. The van der Waals surface area contributed by atoms with Gasteiger partial charge in [0.1, 0.15) is 12.4 Å². The Kier molecular flexibility index (Phi) is 5.97. The van der Waals surface area contributed by atoms with Crippen molar-refractivity contribution in [2.75, 3.05) is 13.4 Å². The molecule has 8 nitrogen and oxygen atoms in total. The summed E-state index contributed by atoms with van der Waals surface area (Å²) in [5.74, 6) is 1.51. The number of benzene rings is 2. The standard InChI is InChI=1S/C23H24N2O6/c1-3-10-28-17-7-5-16(6-8-17)21-20(14(2)24-23(27)25-21)22(26)29-12-15-4-9-18-19(11-15)31-13-30-18/h4-9,11,21H,3,10,12-13H2,1-2H3,(H2,24,25,27)/t21-/m1/s1. The molecule has 0 spiro atoms. The Labute approximate surface area is 180 Å². The van der Waals surface area contributed by atoms with E-state index >= 15 is 0 Å². The number of carbonyl (C=O) groups is 2. The summed E-state index contributed by atoms with van der Waals surface area (Å²) >= 11 is 0. The van der Waals surface area contributed by atoms with E-state index in [2.05, 4.69) is 10.6 Å². The molecular formula is C23H24N2O6. The van der Waals surface area contributed by atoms with E-state index < -0.39 is 12.0 Å². The number of carbonyl (C=O) groups excluding carboxylic acids is 2. The summed E-state index contributed by atoms with van der Waals surface area (Å²) in [5, 5.41) is 5.45. The Morgan fingerprint density at radius 2 is 1.90 bits per heavy atom. The number of allylic oxidation sites excluding steroid dienone is 1. The largest absolute Gasteiger partial charge is 0.494 e. The lowest BCUT2D eigenvalue weighted by atomic mass is 9.95. The Hall–Kier alpha value is -3.68. The average molecular weight is 424 g/mol. The molecule has 0 radical (unpaired) electrons. The zero-order chi connectivity index (χ0) is 21.8. The van der Waals surface area contributed by atoms with Crippen LogP contribution in [0.4, 0.5) is 4.79 Å². The highest BCUT2D eigenvalue weighted by atomic mass is 16.7. The number of hydrogen-bond acceptors (Lipinski definition) is 6. The van der Waals surface area contributed by atoms with Crippen LogP contribution in [0, 0.1) is 0 Å². The maximum atomic E-state index is 13.0. The van der Waals surface area contributed by atoms with Crippen LogP contribution in [0.3, 0.4) is 0 Å². The number of esters is 1. The predicted molar refractivity (Wildman–Crippen MR) is 112 cm³/mol. The molecule has 2 aliphatic heterocycles. The van der Waals surface area contributed by atoms with Crippen molar-refractivity contribution in [3.05, 3.63) is 64.9 Å². The molecule has 8 heteroatoms. The molecule has 0 saturated carbocycles. The first-order valence-electron chi connectivity index (χ1n) is 10.1. The van der Waals surface area contributed by atoms with E-state index in [1.165, 1.54) is 0 Å². The number of hydrogen-bond donors (Lipinski definition) is 2. The third-order valence-electron chi connectivity index (χ3n) is 4.98. The molecule has 0 saturated heterocycles. The lowest BCUT2D eigenvalue weighted by Crippen LogP contribution is -2.45. The van der Waals surface area contributed by atoms with Gasteiger partial charge in [0.25, 0.3) is 0 Å². The second-order valence-electron chi connectivity index (χ2n) is 7.25. The van der Waals surface area contributed by atoms with Crippen molar-refractivity contribution in [3.8, 4) is 17.2 Å². The van der Waals surface area contributed by atoms with Crippen molar-refractivity contribution in [1.82, 2.24) is 10.6 Å². The molecule has 0 aliphatic carbocycles. The van der Waals surface area contributed by atoms with E-state index in [0.717, 1.165) is 23.3 Å². The number of rotatable bonds is 7.